The van der Waals surface area contributed by atoms with Crippen LogP contribution in [-0.4, -0.2) is 24.6 Å². The highest BCUT2D eigenvalue weighted by molar-refractivity contribution is 8.05. The van der Waals surface area contributed by atoms with Gasteiger partial charge >= 0.3 is 0 Å². The average Bonchev–Trinajstić information content (AvgIpc) is 3.04. The van der Waals surface area contributed by atoms with Crippen molar-refractivity contribution in [3.8, 4) is 11.5 Å². The van der Waals surface area contributed by atoms with Crippen LogP contribution in [0.25, 0.3) is 6.08 Å². The molecular formula is C22H25ClN2O3S. The van der Waals surface area contributed by atoms with Crippen LogP contribution in [0.5, 0.6) is 11.5 Å². The number of amides is 1. The lowest BCUT2D eigenvalue weighted by Gasteiger charge is -2.13. The Labute approximate surface area is 180 Å². The quantitative estimate of drug-likeness (QED) is 0.554. The van der Waals surface area contributed by atoms with Crippen molar-refractivity contribution in [2.24, 2.45) is 0 Å². The summed E-state index contributed by atoms with van der Waals surface area (Å²) in [5.41, 5.74) is 2.79. The molecule has 2 aromatic rings. The maximum absolute atomic E-state index is 12.4. The average molecular weight is 433 g/mol. The van der Waals surface area contributed by atoms with Crippen molar-refractivity contribution in [3.63, 3.8) is 0 Å². The number of halogens is 1. The van der Waals surface area contributed by atoms with Gasteiger partial charge in [-0.25, -0.2) is 0 Å². The van der Waals surface area contributed by atoms with Crippen LogP contribution in [0.2, 0.25) is 5.02 Å². The summed E-state index contributed by atoms with van der Waals surface area (Å²) in [4.78, 5) is 13.0. The van der Waals surface area contributed by atoms with Crippen LogP contribution in [0.3, 0.4) is 0 Å². The molecule has 0 aliphatic carbocycles. The molecule has 0 bridgehead atoms. The number of thioether (sulfide) groups is 1. The minimum Gasteiger partial charge on any atom is -0.490 e. The number of aryl methyl sites for hydroxylation is 1. The van der Waals surface area contributed by atoms with Gasteiger partial charge in [0.2, 0.25) is 0 Å². The minimum atomic E-state index is -0.231. The van der Waals surface area contributed by atoms with E-state index in [4.69, 9.17) is 21.1 Å². The summed E-state index contributed by atoms with van der Waals surface area (Å²) >= 11 is 7.81. The van der Waals surface area contributed by atoms with Gasteiger partial charge < -0.3 is 20.1 Å². The van der Waals surface area contributed by atoms with Crippen molar-refractivity contribution < 1.29 is 14.3 Å². The SMILES string of the molecule is CCOc1cc(/C=C2\S[C@H](Nc3ccc(CC)cc3)NC2=O)cc(Cl)c1OCC. The Bertz CT molecular complexity index is 900. The Morgan fingerprint density at radius 3 is 2.52 bits per heavy atom. The monoisotopic (exact) mass is 432 g/mol. The lowest BCUT2D eigenvalue weighted by atomic mass is 10.1. The van der Waals surface area contributed by atoms with Crippen LogP contribution in [0, 0.1) is 0 Å². The Kier molecular flexibility index (Phi) is 7.34. The summed E-state index contributed by atoms with van der Waals surface area (Å²) < 4.78 is 11.3. The molecule has 1 saturated heterocycles. The maximum atomic E-state index is 12.4. The number of hydrogen-bond acceptors (Lipinski definition) is 5. The molecule has 0 aromatic heterocycles. The van der Waals surface area contributed by atoms with E-state index in [1.807, 2.05) is 38.1 Å². The molecule has 29 heavy (non-hydrogen) atoms. The van der Waals surface area contributed by atoms with Crippen molar-refractivity contribution in [3.05, 3.63) is 57.5 Å². The third-order valence-corrected chi connectivity index (χ3v) is 5.62. The summed E-state index contributed by atoms with van der Waals surface area (Å²) in [6.07, 6.45) is 2.81. The van der Waals surface area contributed by atoms with Gasteiger partial charge in [-0.2, -0.15) is 0 Å². The van der Waals surface area contributed by atoms with Gasteiger partial charge in [-0.1, -0.05) is 42.4 Å². The first-order valence-electron chi connectivity index (χ1n) is 9.67. The Hall–Kier alpha value is -2.31. The van der Waals surface area contributed by atoms with E-state index in [1.54, 1.807) is 6.07 Å². The van der Waals surface area contributed by atoms with Crippen LogP contribution < -0.4 is 20.1 Å². The highest BCUT2D eigenvalue weighted by atomic mass is 35.5. The fourth-order valence-electron chi connectivity index (χ4n) is 2.92. The maximum Gasteiger partial charge on any atom is 0.260 e. The van der Waals surface area contributed by atoms with E-state index in [-0.39, 0.29) is 11.4 Å². The van der Waals surface area contributed by atoms with Crippen molar-refractivity contribution in [1.82, 2.24) is 5.32 Å². The molecule has 1 fully saturated rings. The number of carbonyl (C=O) groups is 1. The van der Waals surface area contributed by atoms with Gasteiger partial charge in [-0.3, -0.25) is 4.79 Å². The van der Waals surface area contributed by atoms with Gasteiger partial charge in [0.15, 0.2) is 17.0 Å². The van der Waals surface area contributed by atoms with Crippen molar-refractivity contribution in [2.75, 3.05) is 18.5 Å². The number of hydrogen-bond donors (Lipinski definition) is 2. The summed E-state index contributed by atoms with van der Waals surface area (Å²) in [5, 5.41) is 6.73. The third kappa shape index (κ3) is 5.40. The highest BCUT2D eigenvalue weighted by Crippen LogP contribution is 2.38. The molecule has 154 valence electrons. The second kappa shape index (κ2) is 9.94. The standard InChI is InChI=1S/C22H25ClN2O3S/c1-4-14-7-9-16(10-8-14)24-22-25-21(26)19(29-22)13-15-11-17(23)20(28-6-3)18(12-15)27-5-2/h7-13,22,24H,4-6H2,1-3H3,(H,25,26)/b19-13-/t22-/m1/s1. The zero-order valence-electron chi connectivity index (χ0n) is 16.8. The predicted molar refractivity (Wildman–Crippen MR) is 121 cm³/mol. The smallest absolute Gasteiger partial charge is 0.260 e. The number of nitrogens with one attached hydrogen (secondary N) is 2. The molecule has 1 aliphatic rings. The van der Waals surface area contributed by atoms with E-state index in [0.29, 0.717) is 34.6 Å². The first kappa shape index (κ1) is 21.4. The van der Waals surface area contributed by atoms with Gasteiger partial charge in [-0.05, 0) is 61.7 Å². The molecule has 0 saturated carbocycles. The molecule has 0 unspecified atom stereocenters. The van der Waals surface area contributed by atoms with Crippen LogP contribution in [0.4, 0.5) is 5.69 Å². The van der Waals surface area contributed by atoms with Crippen LogP contribution in [-0.2, 0) is 11.2 Å². The molecule has 1 aliphatic heterocycles. The molecule has 1 atom stereocenters. The van der Waals surface area contributed by atoms with E-state index < -0.39 is 0 Å². The number of anilines is 1. The summed E-state index contributed by atoms with van der Waals surface area (Å²) in [7, 11) is 0. The topological polar surface area (TPSA) is 59.6 Å². The van der Waals surface area contributed by atoms with Gasteiger partial charge in [0.05, 0.1) is 23.1 Å². The van der Waals surface area contributed by atoms with Gasteiger partial charge in [0.25, 0.3) is 5.91 Å². The van der Waals surface area contributed by atoms with Crippen LogP contribution >= 0.6 is 23.4 Å². The molecule has 2 aromatic carbocycles. The molecular weight excluding hydrogens is 408 g/mol. The molecule has 2 N–H and O–H groups in total. The van der Waals surface area contributed by atoms with Gasteiger partial charge in [0.1, 0.15) is 0 Å². The normalized spacial score (nSPS) is 17.3. The first-order chi connectivity index (χ1) is 14.0. The van der Waals surface area contributed by atoms with E-state index in [0.717, 1.165) is 17.7 Å². The largest absolute Gasteiger partial charge is 0.490 e. The van der Waals surface area contributed by atoms with Crippen molar-refractivity contribution in [2.45, 2.75) is 32.7 Å². The molecule has 7 heteroatoms. The van der Waals surface area contributed by atoms with E-state index >= 15 is 0 Å². The number of ether oxygens (including phenoxy) is 2. The zero-order chi connectivity index (χ0) is 20.8. The second-order valence-electron chi connectivity index (χ2n) is 6.37. The zero-order valence-corrected chi connectivity index (χ0v) is 18.3. The number of benzene rings is 2. The Morgan fingerprint density at radius 1 is 1.14 bits per heavy atom. The summed E-state index contributed by atoms with van der Waals surface area (Å²) in [5.74, 6) is 0.972. The highest BCUT2D eigenvalue weighted by Gasteiger charge is 2.27. The third-order valence-electron chi connectivity index (χ3n) is 4.31. The lowest BCUT2D eigenvalue weighted by Crippen LogP contribution is -2.30. The van der Waals surface area contributed by atoms with Crippen LogP contribution in [0.15, 0.2) is 41.3 Å². The Balaban J connectivity index is 1.76. The number of rotatable bonds is 8. The van der Waals surface area contributed by atoms with Crippen molar-refractivity contribution >= 4 is 41.0 Å². The first-order valence-corrected chi connectivity index (χ1v) is 10.9. The Morgan fingerprint density at radius 2 is 1.86 bits per heavy atom. The van der Waals surface area contributed by atoms with Gasteiger partial charge in [0, 0.05) is 5.69 Å². The van der Waals surface area contributed by atoms with E-state index in [1.165, 1.54) is 17.3 Å². The molecule has 1 heterocycles. The molecule has 5 nitrogen and oxygen atoms in total. The van der Waals surface area contributed by atoms with Gasteiger partial charge in [-0.15, -0.1) is 0 Å². The molecule has 1 amide bonds. The fourth-order valence-corrected chi connectivity index (χ4v) is 4.18. The fraction of sp³-hybridized carbons (Fsp3) is 0.318. The molecule has 0 spiro atoms. The predicted octanol–water partition coefficient (Wildman–Crippen LogP) is 5.30. The summed E-state index contributed by atoms with van der Waals surface area (Å²) in [6.45, 7) is 6.90. The minimum absolute atomic E-state index is 0.124. The second-order valence-corrected chi connectivity index (χ2v) is 7.92. The van der Waals surface area contributed by atoms with E-state index in [2.05, 4.69) is 29.7 Å². The number of carbonyl (C=O) groups excluding carboxylic acids is 1. The van der Waals surface area contributed by atoms with Crippen molar-refractivity contribution in [1.29, 1.82) is 0 Å². The lowest BCUT2D eigenvalue weighted by molar-refractivity contribution is -0.116. The van der Waals surface area contributed by atoms with Crippen LogP contribution in [0.1, 0.15) is 31.9 Å². The molecule has 0 radical (unpaired) electrons. The summed E-state index contributed by atoms with van der Waals surface area (Å²) in [6, 6.07) is 11.8. The van der Waals surface area contributed by atoms with E-state index in [9.17, 15) is 4.79 Å². The molecule has 3 rings (SSSR count).